The molecule has 1 aliphatic rings. The first-order chi connectivity index (χ1) is 10.7. The second kappa shape index (κ2) is 8.16. The fourth-order valence-electron chi connectivity index (χ4n) is 2.82. The van der Waals surface area contributed by atoms with Crippen molar-refractivity contribution in [2.45, 2.75) is 31.8 Å². The van der Waals surface area contributed by atoms with Crippen molar-refractivity contribution in [2.24, 2.45) is 0 Å². The zero-order valence-electron chi connectivity index (χ0n) is 12.6. The van der Waals surface area contributed by atoms with Crippen LogP contribution in [0.5, 0.6) is 0 Å². The van der Waals surface area contributed by atoms with Gasteiger partial charge in [-0.1, -0.05) is 0 Å². The maximum absolute atomic E-state index is 12.1. The van der Waals surface area contributed by atoms with Crippen LogP contribution >= 0.6 is 0 Å². The van der Waals surface area contributed by atoms with E-state index in [0.717, 1.165) is 25.9 Å². The Bertz CT molecular complexity index is 540. The van der Waals surface area contributed by atoms with Crippen LogP contribution in [0.3, 0.4) is 0 Å². The number of aromatic nitrogens is 2. The highest BCUT2D eigenvalue weighted by molar-refractivity contribution is 5.76. The first-order valence-electron chi connectivity index (χ1n) is 7.47. The van der Waals surface area contributed by atoms with Crippen molar-refractivity contribution in [3.05, 3.63) is 18.5 Å². The van der Waals surface area contributed by atoms with Gasteiger partial charge in [0.1, 0.15) is 13.1 Å². The summed E-state index contributed by atoms with van der Waals surface area (Å²) in [5, 5.41) is 21.6. The summed E-state index contributed by atoms with van der Waals surface area (Å²) in [5.74, 6) is -0.132. The number of amides is 1. The molecule has 22 heavy (non-hydrogen) atoms. The molecular formula is C15H20N6O. The molecule has 0 aliphatic carbocycles. The molecule has 1 amide bonds. The molecule has 1 aromatic rings. The highest BCUT2D eigenvalue weighted by atomic mass is 16.2. The molecule has 1 aliphatic heterocycles. The van der Waals surface area contributed by atoms with E-state index in [1.54, 1.807) is 6.20 Å². The van der Waals surface area contributed by atoms with E-state index in [-0.39, 0.29) is 19.0 Å². The van der Waals surface area contributed by atoms with Crippen LogP contribution in [0.4, 0.5) is 0 Å². The van der Waals surface area contributed by atoms with Crippen LogP contribution < -0.4 is 0 Å². The first kappa shape index (κ1) is 16.0. The minimum Gasteiger partial charge on any atom is -0.316 e. The van der Waals surface area contributed by atoms with E-state index in [1.165, 1.54) is 4.90 Å². The van der Waals surface area contributed by atoms with E-state index >= 15 is 0 Å². The topological polar surface area (TPSA) is 89.0 Å². The van der Waals surface area contributed by atoms with Crippen LogP contribution in [0.2, 0.25) is 0 Å². The van der Waals surface area contributed by atoms with Crippen molar-refractivity contribution >= 4 is 5.91 Å². The number of hydrogen-bond donors (Lipinski definition) is 0. The van der Waals surface area contributed by atoms with E-state index in [2.05, 4.69) is 10.00 Å². The second-order valence-electron chi connectivity index (χ2n) is 5.38. The third-order valence-corrected chi connectivity index (χ3v) is 3.94. The fourth-order valence-corrected chi connectivity index (χ4v) is 2.82. The average Bonchev–Trinajstić information content (AvgIpc) is 3.17. The van der Waals surface area contributed by atoms with Gasteiger partial charge in [-0.05, 0) is 25.5 Å². The summed E-state index contributed by atoms with van der Waals surface area (Å²) < 4.78 is 1.92. The number of nitriles is 2. The van der Waals surface area contributed by atoms with Crippen molar-refractivity contribution in [2.75, 3.05) is 26.2 Å². The molecule has 1 saturated heterocycles. The van der Waals surface area contributed by atoms with Crippen LogP contribution in [0.15, 0.2) is 18.5 Å². The molecule has 0 radical (unpaired) electrons. The SMILES string of the molecule is N#CCN(CC#N)C(=O)CCN1CCC[C@H]1Cn1cccn1. The highest BCUT2D eigenvalue weighted by Crippen LogP contribution is 2.19. The molecule has 0 unspecified atom stereocenters. The number of hydrogen-bond acceptors (Lipinski definition) is 5. The number of carbonyl (C=O) groups excluding carboxylic acids is 1. The Morgan fingerprint density at radius 2 is 2.14 bits per heavy atom. The van der Waals surface area contributed by atoms with Gasteiger partial charge in [0.05, 0.1) is 18.7 Å². The maximum Gasteiger partial charge on any atom is 0.225 e. The second-order valence-corrected chi connectivity index (χ2v) is 5.38. The summed E-state index contributed by atoms with van der Waals surface area (Å²) in [6.45, 7) is 2.43. The number of carbonyl (C=O) groups is 1. The average molecular weight is 300 g/mol. The lowest BCUT2D eigenvalue weighted by atomic mass is 10.2. The van der Waals surface area contributed by atoms with Crippen molar-refractivity contribution in [3.8, 4) is 12.1 Å². The number of likely N-dealkylation sites (tertiary alicyclic amines) is 1. The molecule has 2 heterocycles. The predicted octanol–water partition coefficient (Wildman–Crippen LogP) is 0.613. The highest BCUT2D eigenvalue weighted by Gasteiger charge is 2.25. The van der Waals surface area contributed by atoms with Crippen LogP contribution in [-0.2, 0) is 11.3 Å². The number of rotatable bonds is 7. The zero-order valence-corrected chi connectivity index (χ0v) is 12.6. The Morgan fingerprint density at radius 1 is 1.36 bits per heavy atom. The summed E-state index contributed by atoms with van der Waals surface area (Å²) in [6, 6.07) is 6.16. The minimum atomic E-state index is -0.132. The molecule has 0 N–H and O–H groups in total. The molecule has 0 spiro atoms. The summed E-state index contributed by atoms with van der Waals surface area (Å²) in [4.78, 5) is 15.7. The van der Waals surface area contributed by atoms with Gasteiger partial charge in [0, 0.05) is 31.4 Å². The first-order valence-corrected chi connectivity index (χ1v) is 7.47. The molecule has 116 valence electrons. The van der Waals surface area contributed by atoms with Gasteiger partial charge in [-0.15, -0.1) is 0 Å². The van der Waals surface area contributed by atoms with Crippen LogP contribution in [-0.4, -0.2) is 57.7 Å². The summed E-state index contributed by atoms with van der Waals surface area (Å²) in [7, 11) is 0. The molecule has 0 aromatic carbocycles. The molecule has 1 atom stereocenters. The van der Waals surface area contributed by atoms with E-state index < -0.39 is 0 Å². The van der Waals surface area contributed by atoms with Crippen LogP contribution in [0, 0.1) is 22.7 Å². The van der Waals surface area contributed by atoms with Gasteiger partial charge in [-0.25, -0.2) is 0 Å². The Balaban J connectivity index is 1.83. The molecule has 7 heteroatoms. The third kappa shape index (κ3) is 4.31. The molecule has 1 aromatic heterocycles. The van der Waals surface area contributed by atoms with Gasteiger partial charge < -0.3 is 4.90 Å². The van der Waals surface area contributed by atoms with Gasteiger partial charge in [-0.3, -0.25) is 14.4 Å². The minimum absolute atomic E-state index is 0.0247. The molecule has 2 rings (SSSR count). The van der Waals surface area contributed by atoms with E-state index in [9.17, 15) is 4.79 Å². The molecular weight excluding hydrogens is 280 g/mol. The van der Waals surface area contributed by atoms with Crippen molar-refractivity contribution in [1.82, 2.24) is 19.6 Å². The van der Waals surface area contributed by atoms with Crippen LogP contribution in [0.25, 0.3) is 0 Å². The normalized spacial score (nSPS) is 17.8. The van der Waals surface area contributed by atoms with Crippen LogP contribution in [0.1, 0.15) is 19.3 Å². The van der Waals surface area contributed by atoms with Gasteiger partial charge in [0.15, 0.2) is 0 Å². The fraction of sp³-hybridized carbons (Fsp3) is 0.600. The van der Waals surface area contributed by atoms with Gasteiger partial charge >= 0.3 is 0 Å². The Labute approximate surface area is 130 Å². The van der Waals surface area contributed by atoms with Crippen molar-refractivity contribution in [1.29, 1.82) is 10.5 Å². The Hall–Kier alpha value is -2.38. The largest absolute Gasteiger partial charge is 0.316 e. The molecule has 0 bridgehead atoms. The van der Waals surface area contributed by atoms with E-state index in [1.807, 2.05) is 29.1 Å². The number of nitrogens with zero attached hydrogens (tertiary/aromatic N) is 6. The zero-order chi connectivity index (χ0) is 15.8. The Morgan fingerprint density at radius 3 is 2.77 bits per heavy atom. The van der Waals surface area contributed by atoms with Gasteiger partial charge in [0.2, 0.25) is 5.91 Å². The van der Waals surface area contributed by atoms with Gasteiger partial charge in [-0.2, -0.15) is 15.6 Å². The van der Waals surface area contributed by atoms with Crippen molar-refractivity contribution in [3.63, 3.8) is 0 Å². The third-order valence-electron chi connectivity index (χ3n) is 3.94. The summed E-state index contributed by atoms with van der Waals surface area (Å²) in [6.07, 6.45) is 6.29. The lowest BCUT2D eigenvalue weighted by molar-refractivity contribution is -0.130. The monoisotopic (exact) mass is 300 g/mol. The van der Waals surface area contributed by atoms with Gasteiger partial charge in [0.25, 0.3) is 0 Å². The smallest absolute Gasteiger partial charge is 0.225 e. The van der Waals surface area contributed by atoms with E-state index in [4.69, 9.17) is 10.5 Å². The van der Waals surface area contributed by atoms with Crippen molar-refractivity contribution < 1.29 is 4.79 Å². The lowest BCUT2D eigenvalue weighted by Gasteiger charge is -2.25. The molecule has 7 nitrogen and oxygen atoms in total. The predicted molar refractivity (Wildman–Crippen MR) is 79.2 cm³/mol. The van der Waals surface area contributed by atoms with E-state index in [0.29, 0.717) is 19.0 Å². The summed E-state index contributed by atoms with van der Waals surface area (Å²) >= 11 is 0. The Kier molecular flexibility index (Phi) is 5.93. The summed E-state index contributed by atoms with van der Waals surface area (Å²) in [5.41, 5.74) is 0. The lowest BCUT2D eigenvalue weighted by Crippen LogP contribution is -2.38. The molecule has 0 saturated carbocycles. The standard InChI is InChI=1S/C15H20N6O/c16-5-11-20(12-6-17)15(22)4-10-19-8-1-3-14(19)13-21-9-2-7-18-21/h2,7,9,14H,1,3-4,8,10-13H2/t14-/m0/s1. The maximum atomic E-state index is 12.1. The molecule has 1 fully saturated rings. The quantitative estimate of drug-likeness (QED) is 0.688.